The molecule has 2 aromatic carbocycles. The van der Waals surface area contributed by atoms with Crippen LogP contribution in [0.15, 0.2) is 53.4 Å². The van der Waals surface area contributed by atoms with Gasteiger partial charge in [0.05, 0.1) is 23.6 Å². The quantitative estimate of drug-likeness (QED) is 0.861. The van der Waals surface area contributed by atoms with Gasteiger partial charge in [0.15, 0.2) is 0 Å². The number of carbonyl (C=O) groups excluding carboxylic acids is 1. The van der Waals surface area contributed by atoms with Crippen LogP contribution in [0.2, 0.25) is 0 Å². The fourth-order valence-electron chi connectivity index (χ4n) is 2.77. The molecule has 1 atom stereocenters. The van der Waals surface area contributed by atoms with Gasteiger partial charge < -0.3 is 9.64 Å². The predicted molar refractivity (Wildman–Crippen MR) is 95.2 cm³/mol. The average Bonchev–Trinajstić information content (AvgIpc) is 3.01. The van der Waals surface area contributed by atoms with Gasteiger partial charge >= 0.3 is 0 Å². The van der Waals surface area contributed by atoms with E-state index in [9.17, 15) is 13.2 Å². The molecule has 1 N–H and O–H groups in total. The van der Waals surface area contributed by atoms with Gasteiger partial charge in [-0.05, 0) is 55.0 Å². The Labute approximate surface area is 151 Å². The van der Waals surface area contributed by atoms with Crippen LogP contribution in [0.25, 0.3) is 0 Å². The first-order chi connectivity index (χ1) is 12.4. The molecule has 1 aliphatic heterocycles. The van der Waals surface area contributed by atoms with Gasteiger partial charge in [-0.1, -0.05) is 0 Å². The normalized spacial score (nSPS) is 17.2. The summed E-state index contributed by atoms with van der Waals surface area (Å²) in [5.74, 6) is 0.380. The van der Waals surface area contributed by atoms with E-state index in [1.54, 1.807) is 36.3 Å². The second kappa shape index (κ2) is 7.15. The van der Waals surface area contributed by atoms with Gasteiger partial charge in [0.1, 0.15) is 11.8 Å². The molecule has 0 saturated carbocycles. The molecule has 1 fully saturated rings. The zero-order valence-corrected chi connectivity index (χ0v) is 14.9. The number of carbonyl (C=O) groups is 1. The van der Waals surface area contributed by atoms with Crippen LogP contribution in [0.4, 0.5) is 5.69 Å². The van der Waals surface area contributed by atoms with Gasteiger partial charge in [0, 0.05) is 12.2 Å². The molecule has 0 aromatic heterocycles. The number of methoxy groups -OCH3 is 1. The molecule has 1 heterocycles. The maximum Gasteiger partial charge on any atom is 0.245 e. The molecule has 1 amide bonds. The van der Waals surface area contributed by atoms with E-state index in [1.165, 1.54) is 24.3 Å². The molecular formula is C18H17N3O4S. The molecular weight excluding hydrogens is 354 g/mol. The van der Waals surface area contributed by atoms with Crippen LogP contribution >= 0.6 is 0 Å². The third-order valence-electron chi connectivity index (χ3n) is 4.18. The number of hydrogen-bond acceptors (Lipinski definition) is 5. The average molecular weight is 371 g/mol. The highest BCUT2D eigenvalue weighted by molar-refractivity contribution is 7.89. The second-order valence-corrected chi connectivity index (χ2v) is 7.50. The third kappa shape index (κ3) is 3.54. The number of rotatable bonds is 5. The van der Waals surface area contributed by atoms with E-state index < -0.39 is 16.1 Å². The Bertz CT molecular complexity index is 947. The number of nitrogens with one attached hydrogen (secondary N) is 1. The van der Waals surface area contributed by atoms with Crippen molar-refractivity contribution in [2.24, 2.45) is 0 Å². The molecule has 1 saturated heterocycles. The maximum absolute atomic E-state index is 12.6. The number of hydrogen-bond donors (Lipinski definition) is 1. The summed E-state index contributed by atoms with van der Waals surface area (Å²) < 4.78 is 32.5. The molecule has 0 spiro atoms. The van der Waals surface area contributed by atoms with Crippen molar-refractivity contribution in [2.45, 2.75) is 17.4 Å². The fourth-order valence-corrected chi connectivity index (χ4v) is 4.00. The van der Waals surface area contributed by atoms with Crippen LogP contribution in [-0.4, -0.2) is 34.0 Å². The standard InChI is InChI=1S/C18H17N3O4S/c1-25-15-6-4-14(5-7-15)21-11-10-17(18(21)22)20-26(23,24)16-8-2-13(12-19)3-9-16/h2-9,17,20H,10-11H2,1H3. The van der Waals surface area contributed by atoms with Crippen molar-refractivity contribution in [3.05, 3.63) is 54.1 Å². The van der Waals surface area contributed by atoms with Gasteiger partial charge in [0.25, 0.3) is 0 Å². The van der Waals surface area contributed by atoms with E-state index in [-0.39, 0.29) is 10.8 Å². The Kier molecular flexibility index (Phi) is 4.93. The fraction of sp³-hybridized carbons (Fsp3) is 0.222. The second-order valence-electron chi connectivity index (χ2n) is 5.79. The summed E-state index contributed by atoms with van der Waals surface area (Å²) in [7, 11) is -2.29. The zero-order chi connectivity index (χ0) is 18.7. The summed E-state index contributed by atoms with van der Waals surface area (Å²) in [6.45, 7) is 0.422. The van der Waals surface area contributed by atoms with E-state index in [0.717, 1.165) is 0 Å². The minimum Gasteiger partial charge on any atom is -0.497 e. The zero-order valence-electron chi connectivity index (χ0n) is 14.0. The van der Waals surface area contributed by atoms with Gasteiger partial charge in [-0.25, -0.2) is 8.42 Å². The summed E-state index contributed by atoms with van der Waals surface area (Å²) in [4.78, 5) is 14.2. The molecule has 0 bridgehead atoms. The van der Waals surface area contributed by atoms with Crippen LogP contribution in [0.1, 0.15) is 12.0 Å². The minimum atomic E-state index is -3.84. The SMILES string of the molecule is COc1ccc(N2CCC(NS(=O)(=O)c3ccc(C#N)cc3)C2=O)cc1. The number of sulfonamides is 1. The Morgan fingerprint density at radius 3 is 2.38 bits per heavy atom. The van der Waals surface area contributed by atoms with Crippen molar-refractivity contribution >= 4 is 21.6 Å². The molecule has 26 heavy (non-hydrogen) atoms. The number of nitrogens with zero attached hydrogens (tertiary/aromatic N) is 2. The lowest BCUT2D eigenvalue weighted by atomic mass is 10.2. The lowest BCUT2D eigenvalue weighted by Crippen LogP contribution is -2.41. The molecule has 134 valence electrons. The van der Waals surface area contributed by atoms with Crippen molar-refractivity contribution in [3.8, 4) is 11.8 Å². The van der Waals surface area contributed by atoms with Crippen molar-refractivity contribution in [1.82, 2.24) is 4.72 Å². The van der Waals surface area contributed by atoms with E-state index >= 15 is 0 Å². The monoisotopic (exact) mass is 371 g/mol. The van der Waals surface area contributed by atoms with E-state index in [4.69, 9.17) is 10.00 Å². The lowest BCUT2D eigenvalue weighted by Gasteiger charge is -2.17. The lowest BCUT2D eigenvalue weighted by molar-refractivity contribution is -0.118. The highest BCUT2D eigenvalue weighted by atomic mass is 32.2. The molecule has 8 heteroatoms. The summed E-state index contributed by atoms with van der Waals surface area (Å²) in [5, 5.41) is 8.79. The van der Waals surface area contributed by atoms with Gasteiger partial charge in [-0.15, -0.1) is 0 Å². The number of benzene rings is 2. The van der Waals surface area contributed by atoms with Crippen LogP contribution in [-0.2, 0) is 14.8 Å². The molecule has 1 aliphatic rings. The van der Waals surface area contributed by atoms with Crippen LogP contribution < -0.4 is 14.4 Å². The number of ether oxygens (including phenoxy) is 1. The maximum atomic E-state index is 12.6. The summed E-state index contributed by atoms with van der Waals surface area (Å²) in [6, 6.07) is 13.7. The number of anilines is 1. The highest BCUT2D eigenvalue weighted by Gasteiger charge is 2.35. The molecule has 0 aliphatic carbocycles. The van der Waals surface area contributed by atoms with E-state index in [2.05, 4.69) is 4.72 Å². The molecule has 7 nitrogen and oxygen atoms in total. The van der Waals surface area contributed by atoms with E-state index in [1.807, 2.05) is 6.07 Å². The van der Waals surface area contributed by atoms with Crippen LogP contribution in [0.5, 0.6) is 5.75 Å². The first-order valence-corrected chi connectivity index (χ1v) is 9.41. The van der Waals surface area contributed by atoms with E-state index in [0.29, 0.717) is 30.0 Å². The van der Waals surface area contributed by atoms with Crippen molar-refractivity contribution in [2.75, 3.05) is 18.6 Å². The smallest absolute Gasteiger partial charge is 0.245 e. The van der Waals surface area contributed by atoms with Gasteiger partial charge in [-0.2, -0.15) is 9.98 Å². The molecule has 2 aromatic rings. The molecule has 3 rings (SSSR count). The van der Waals surface area contributed by atoms with Crippen molar-refractivity contribution in [3.63, 3.8) is 0 Å². The van der Waals surface area contributed by atoms with Crippen molar-refractivity contribution in [1.29, 1.82) is 5.26 Å². The van der Waals surface area contributed by atoms with Crippen LogP contribution in [0, 0.1) is 11.3 Å². The van der Waals surface area contributed by atoms with Crippen molar-refractivity contribution < 1.29 is 17.9 Å². The van der Waals surface area contributed by atoms with Gasteiger partial charge in [0.2, 0.25) is 15.9 Å². The first-order valence-electron chi connectivity index (χ1n) is 7.92. The first kappa shape index (κ1) is 17.9. The molecule has 0 radical (unpaired) electrons. The Balaban J connectivity index is 1.74. The summed E-state index contributed by atoms with van der Waals surface area (Å²) in [6.07, 6.45) is 0.375. The minimum absolute atomic E-state index is 0.0206. The predicted octanol–water partition coefficient (Wildman–Crippen LogP) is 1.65. The topological polar surface area (TPSA) is 99.5 Å². The third-order valence-corrected chi connectivity index (χ3v) is 5.67. The Morgan fingerprint density at radius 1 is 1.15 bits per heavy atom. The molecule has 1 unspecified atom stereocenters. The van der Waals surface area contributed by atoms with Gasteiger partial charge in [-0.3, -0.25) is 4.79 Å². The summed E-state index contributed by atoms with van der Waals surface area (Å²) >= 11 is 0. The summed E-state index contributed by atoms with van der Waals surface area (Å²) in [5.41, 5.74) is 1.06. The number of amides is 1. The Hall–Kier alpha value is -2.89. The number of nitriles is 1. The Morgan fingerprint density at radius 2 is 1.81 bits per heavy atom. The highest BCUT2D eigenvalue weighted by Crippen LogP contribution is 2.25. The van der Waals surface area contributed by atoms with Crippen LogP contribution in [0.3, 0.4) is 0 Å². The largest absolute Gasteiger partial charge is 0.497 e.